The van der Waals surface area contributed by atoms with E-state index >= 15 is 0 Å². The van der Waals surface area contributed by atoms with Gasteiger partial charge in [0.05, 0.1) is 0 Å². The second kappa shape index (κ2) is 5.22. The highest BCUT2D eigenvalue weighted by atomic mass is 14.2. The number of rotatable bonds is 3. The van der Waals surface area contributed by atoms with Gasteiger partial charge < -0.3 is 0 Å². The summed E-state index contributed by atoms with van der Waals surface area (Å²) in [7, 11) is 0. The molecule has 0 saturated carbocycles. The molecule has 0 amide bonds. The lowest BCUT2D eigenvalue weighted by Gasteiger charge is -2.22. The van der Waals surface area contributed by atoms with Crippen LogP contribution in [0.5, 0.6) is 0 Å². The SMILES string of the molecule is C=Cc1c(C=C)c(/C=C\C)c(C)c2c1C=CCC2. The number of benzene rings is 1. The monoisotopic (exact) mass is 236 g/mol. The highest BCUT2D eigenvalue weighted by Gasteiger charge is 2.17. The molecule has 0 atom stereocenters. The van der Waals surface area contributed by atoms with Crippen molar-refractivity contribution in [2.24, 2.45) is 0 Å². The number of hydrogen-bond acceptors (Lipinski definition) is 0. The first-order valence-electron chi connectivity index (χ1n) is 6.48. The Morgan fingerprint density at radius 2 is 1.83 bits per heavy atom. The lowest BCUT2D eigenvalue weighted by Crippen LogP contribution is -2.05. The first-order valence-corrected chi connectivity index (χ1v) is 6.48. The van der Waals surface area contributed by atoms with Crippen LogP contribution in [0.25, 0.3) is 24.3 Å². The molecular weight excluding hydrogens is 216 g/mol. The van der Waals surface area contributed by atoms with Crippen LogP contribution in [-0.2, 0) is 6.42 Å². The maximum atomic E-state index is 3.97. The van der Waals surface area contributed by atoms with E-state index in [0.29, 0.717) is 0 Å². The Hall–Kier alpha value is -1.82. The van der Waals surface area contributed by atoms with Gasteiger partial charge in [-0.1, -0.05) is 49.6 Å². The summed E-state index contributed by atoms with van der Waals surface area (Å²) in [5, 5.41) is 0. The second-order valence-electron chi connectivity index (χ2n) is 4.61. The Bertz CT molecular complexity index is 545. The van der Waals surface area contributed by atoms with Gasteiger partial charge in [-0.3, -0.25) is 0 Å². The third-order valence-electron chi connectivity index (χ3n) is 3.64. The van der Waals surface area contributed by atoms with Crippen molar-refractivity contribution >= 4 is 24.3 Å². The molecule has 1 aromatic carbocycles. The third-order valence-corrected chi connectivity index (χ3v) is 3.64. The van der Waals surface area contributed by atoms with Crippen LogP contribution in [0, 0.1) is 6.92 Å². The summed E-state index contributed by atoms with van der Waals surface area (Å²) in [4.78, 5) is 0. The summed E-state index contributed by atoms with van der Waals surface area (Å²) in [5.74, 6) is 0. The first-order chi connectivity index (χ1) is 8.74. The van der Waals surface area contributed by atoms with Crippen LogP contribution in [0.1, 0.15) is 46.7 Å². The second-order valence-corrected chi connectivity index (χ2v) is 4.61. The molecule has 0 aliphatic heterocycles. The van der Waals surface area contributed by atoms with Crippen molar-refractivity contribution in [2.45, 2.75) is 26.7 Å². The fraction of sp³-hybridized carbons (Fsp3) is 0.222. The van der Waals surface area contributed by atoms with Gasteiger partial charge in [-0.15, -0.1) is 0 Å². The van der Waals surface area contributed by atoms with E-state index in [2.05, 4.69) is 51.3 Å². The summed E-state index contributed by atoms with van der Waals surface area (Å²) >= 11 is 0. The molecule has 1 aliphatic rings. The molecule has 92 valence electrons. The summed E-state index contributed by atoms with van der Waals surface area (Å²) < 4.78 is 0. The smallest absolute Gasteiger partial charge is 0.0109 e. The molecular formula is C18H20. The number of allylic oxidation sites excluding steroid dienone is 2. The standard InChI is InChI=1S/C18H20/c1-5-10-16-13(4)17-11-8-9-12-18(17)15(7-3)14(16)6-2/h5-7,9-10,12H,2-3,8,11H2,1,4H3/b10-5-. The van der Waals surface area contributed by atoms with Crippen molar-refractivity contribution in [2.75, 3.05) is 0 Å². The summed E-state index contributed by atoms with van der Waals surface area (Å²) in [6.07, 6.45) is 14.9. The summed E-state index contributed by atoms with van der Waals surface area (Å²) in [5.41, 5.74) is 7.88. The predicted molar refractivity (Wildman–Crippen MR) is 83.4 cm³/mol. The molecule has 0 aromatic heterocycles. The normalized spacial score (nSPS) is 13.7. The molecule has 1 aromatic rings. The van der Waals surface area contributed by atoms with Gasteiger partial charge in [0.2, 0.25) is 0 Å². The van der Waals surface area contributed by atoms with Gasteiger partial charge in [0, 0.05) is 0 Å². The summed E-state index contributed by atoms with van der Waals surface area (Å²) in [6.45, 7) is 12.2. The van der Waals surface area contributed by atoms with Crippen LogP contribution in [0.2, 0.25) is 0 Å². The van der Waals surface area contributed by atoms with Gasteiger partial charge in [-0.2, -0.15) is 0 Å². The number of hydrogen-bond donors (Lipinski definition) is 0. The van der Waals surface area contributed by atoms with Crippen molar-refractivity contribution in [3.63, 3.8) is 0 Å². The molecule has 0 spiro atoms. The van der Waals surface area contributed by atoms with Crippen molar-refractivity contribution in [1.82, 2.24) is 0 Å². The largest absolute Gasteiger partial charge is 0.0984 e. The van der Waals surface area contributed by atoms with Crippen LogP contribution >= 0.6 is 0 Å². The van der Waals surface area contributed by atoms with Gasteiger partial charge in [0.25, 0.3) is 0 Å². The van der Waals surface area contributed by atoms with Gasteiger partial charge in [0.1, 0.15) is 0 Å². The first kappa shape index (κ1) is 12.6. The van der Waals surface area contributed by atoms with Crippen molar-refractivity contribution in [3.05, 3.63) is 58.7 Å². The van der Waals surface area contributed by atoms with Crippen LogP contribution in [-0.4, -0.2) is 0 Å². The summed E-state index contributed by atoms with van der Waals surface area (Å²) in [6, 6.07) is 0. The highest BCUT2D eigenvalue weighted by Crippen LogP contribution is 2.34. The zero-order valence-corrected chi connectivity index (χ0v) is 11.3. The van der Waals surface area contributed by atoms with Crippen molar-refractivity contribution < 1.29 is 0 Å². The Balaban J connectivity index is 2.88. The Morgan fingerprint density at radius 3 is 2.44 bits per heavy atom. The zero-order valence-electron chi connectivity index (χ0n) is 11.3. The lowest BCUT2D eigenvalue weighted by atomic mass is 9.83. The molecule has 0 saturated heterocycles. The average Bonchev–Trinajstić information content (AvgIpc) is 2.41. The molecule has 18 heavy (non-hydrogen) atoms. The molecule has 0 bridgehead atoms. The quantitative estimate of drug-likeness (QED) is 0.670. The highest BCUT2D eigenvalue weighted by molar-refractivity contribution is 5.83. The van der Waals surface area contributed by atoms with E-state index in [1.165, 1.54) is 33.4 Å². The fourth-order valence-electron chi connectivity index (χ4n) is 2.78. The third kappa shape index (κ3) is 1.88. The predicted octanol–water partition coefficient (Wildman–Crippen LogP) is 5.27. The van der Waals surface area contributed by atoms with E-state index in [-0.39, 0.29) is 0 Å². The molecule has 0 heterocycles. The average molecular weight is 236 g/mol. The maximum absolute atomic E-state index is 3.97. The molecule has 0 radical (unpaired) electrons. The van der Waals surface area contributed by atoms with Gasteiger partial charge >= 0.3 is 0 Å². The van der Waals surface area contributed by atoms with Gasteiger partial charge in [0.15, 0.2) is 0 Å². The fourth-order valence-corrected chi connectivity index (χ4v) is 2.78. The van der Waals surface area contributed by atoms with Gasteiger partial charge in [-0.05, 0) is 60.1 Å². The van der Waals surface area contributed by atoms with E-state index in [9.17, 15) is 0 Å². The molecule has 0 nitrogen and oxygen atoms in total. The molecule has 1 aliphatic carbocycles. The van der Waals surface area contributed by atoms with Gasteiger partial charge in [-0.25, -0.2) is 0 Å². The Labute approximate surface area is 110 Å². The number of fused-ring (bicyclic) bond motifs is 1. The van der Waals surface area contributed by atoms with Crippen LogP contribution in [0.3, 0.4) is 0 Å². The molecule has 0 heteroatoms. The molecule has 0 fully saturated rings. The van der Waals surface area contributed by atoms with Crippen LogP contribution < -0.4 is 0 Å². The molecule has 2 rings (SSSR count). The van der Waals surface area contributed by atoms with Crippen molar-refractivity contribution in [1.29, 1.82) is 0 Å². The van der Waals surface area contributed by atoms with E-state index < -0.39 is 0 Å². The minimum absolute atomic E-state index is 1.13. The van der Waals surface area contributed by atoms with Crippen LogP contribution in [0.4, 0.5) is 0 Å². The Kier molecular flexibility index (Phi) is 3.66. The minimum Gasteiger partial charge on any atom is -0.0984 e. The topological polar surface area (TPSA) is 0 Å². The molecule has 0 unspecified atom stereocenters. The lowest BCUT2D eigenvalue weighted by molar-refractivity contribution is 0.968. The molecule has 0 N–H and O–H groups in total. The van der Waals surface area contributed by atoms with E-state index in [4.69, 9.17) is 0 Å². The van der Waals surface area contributed by atoms with Crippen molar-refractivity contribution in [3.8, 4) is 0 Å². The van der Waals surface area contributed by atoms with E-state index in [0.717, 1.165) is 12.8 Å². The maximum Gasteiger partial charge on any atom is -0.0109 e. The Morgan fingerprint density at radius 1 is 1.11 bits per heavy atom. The minimum atomic E-state index is 1.13. The van der Waals surface area contributed by atoms with E-state index in [1.807, 2.05) is 12.2 Å². The zero-order chi connectivity index (χ0) is 13.1. The van der Waals surface area contributed by atoms with E-state index in [1.54, 1.807) is 0 Å². The van der Waals surface area contributed by atoms with Crippen LogP contribution in [0.15, 0.2) is 25.3 Å².